The summed E-state index contributed by atoms with van der Waals surface area (Å²) in [5.74, 6) is 5.55. The van der Waals surface area contributed by atoms with E-state index >= 15 is 0 Å². The van der Waals surface area contributed by atoms with E-state index in [9.17, 15) is 0 Å². The third-order valence-corrected chi connectivity index (χ3v) is 2.63. The van der Waals surface area contributed by atoms with Gasteiger partial charge in [-0.1, -0.05) is 32.3 Å². The third kappa shape index (κ3) is 3.98. The van der Waals surface area contributed by atoms with Gasteiger partial charge in [0.25, 0.3) is 0 Å². The molecule has 84 valence electrons. The first-order valence-corrected chi connectivity index (χ1v) is 5.66. The Morgan fingerprint density at radius 2 is 2.20 bits per heavy atom. The molecular formula is C12H21N3. The SMILES string of the molecule is CCCCCC(NN)c1ccc(C)nc1. The van der Waals surface area contributed by atoms with Crippen molar-refractivity contribution in [2.75, 3.05) is 0 Å². The number of hydrogen-bond acceptors (Lipinski definition) is 3. The molecule has 0 amide bonds. The van der Waals surface area contributed by atoms with Gasteiger partial charge in [-0.25, -0.2) is 0 Å². The van der Waals surface area contributed by atoms with Gasteiger partial charge in [-0.3, -0.25) is 16.3 Å². The van der Waals surface area contributed by atoms with Crippen molar-refractivity contribution in [1.82, 2.24) is 10.4 Å². The summed E-state index contributed by atoms with van der Waals surface area (Å²) in [5.41, 5.74) is 5.08. The van der Waals surface area contributed by atoms with E-state index in [1.165, 1.54) is 24.8 Å². The number of rotatable bonds is 6. The Balaban J connectivity index is 2.53. The van der Waals surface area contributed by atoms with Crippen LogP contribution in [-0.4, -0.2) is 4.98 Å². The van der Waals surface area contributed by atoms with E-state index in [4.69, 9.17) is 5.84 Å². The molecule has 0 saturated heterocycles. The summed E-state index contributed by atoms with van der Waals surface area (Å²) in [6, 6.07) is 4.36. The van der Waals surface area contributed by atoms with Crippen molar-refractivity contribution in [3.8, 4) is 0 Å². The molecule has 1 unspecified atom stereocenters. The molecule has 1 heterocycles. The number of nitrogens with zero attached hydrogens (tertiary/aromatic N) is 1. The predicted octanol–water partition coefficient (Wildman–Crippen LogP) is 2.47. The first-order valence-electron chi connectivity index (χ1n) is 5.66. The Labute approximate surface area is 92.1 Å². The number of unbranched alkanes of at least 4 members (excludes halogenated alkanes) is 2. The fourth-order valence-electron chi connectivity index (χ4n) is 1.63. The third-order valence-electron chi connectivity index (χ3n) is 2.63. The minimum atomic E-state index is 0.240. The molecule has 0 fully saturated rings. The zero-order chi connectivity index (χ0) is 11.1. The lowest BCUT2D eigenvalue weighted by Gasteiger charge is -2.15. The molecule has 1 rings (SSSR count). The molecule has 1 aromatic rings. The molecule has 1 aromatic heterocycles. The second-order valence-electron chi connectivity index (χ2n) is 3.95. The smallest absolute Gasteiger partial charge is 0.0475 e. The van der Waals surface area contributed by atoms with Crippen LogP contribution in [0, 0.1) is 6.92 Å². The van der Waals surface area contributed by atoms with Gasteiger partial charge in [0.05, 0.1) is 0 Å². The molecule has 0 aliphatic rings. The Morgan fingerprint density at radius 3 is 2.73 bits per heavy atom. The van der Waals surface area contributed by atoms with Gasteiger partial charge in [-0.15, -0.1) is 0 Å². The van der Waals surface area contributed by atoms with Crippen LogP contribution in [0.4, 0.5) is 0 Å². The van der Waals surface area contributed by atoms with Gasteiger partial charge in [0.1, 0.15) is 0 Å². The van der Waals surface area contributed by atoms with E-state index in [1.54, 1.807) is 0 Å². The van der Waals surface area contributed by atoms with Gasteiger partial charge in [-0.2, -0.15) is 0 Å². The van der Waals surface area contributed by atoms with Gasteiger partial charge < -0.3 is 0 Å². The second-order valence-corrected chi connectivity index (χ2v) is 3.95. The van der Waals surface area contributed by atoms with E-state index < -0.39 is 0 Å². The molecule has 3 heteroatoms. The molecule has 0 aliphatic heterocycles. The van der Waals surface area contributed by atoms with Gasteiger partial charge in [0.2, 0.25) is 0 Å². The van der Waals surface area contributed by atoms with Crippen LogP contribution in [0.2, 0.25) is 0 Å². The summed E-state index contributed by atoms with van der Waals surface area (Å²) in [6.45, 7) is 4.20. The van der Waals surface area contributed by atoms with Crippen LogP contribution < -0.4 is 11.3 Å². The number of aromatic nitrogens is 1. The maximum Gasteiger partial charge on any atom is 0.0475 e. The maximum absolute atomic E-state index is 5.55. The number of pyridine rings is 1. The molecule has 0 spiro atoms. The van der Waals surface area contributed by atoms with Crippen LogP contribution in [0.15, 0.2) is 18.3 Å². The molecule has 0 aromatic carbocycles. The molecule has 1 atom stereocenters. The van der Waals surface area contributed by atoms with Gasteiger partial charge >= 0.3 is 0 Å². The molecule has 0 saturated carbocycles. The van der Waals surface area contributed by atoms with Crippen LogP contribution in [0.3, 0.4) is 0 Å². The van der Waals surface area contributed by atoms with Crippen molar-refractivity contribution >= 4 is 0 Å². The molecular weight excluding hydrogens is 186 g/mol. The zero-order valence-electron chi connectivity index (χ0n) is 9.66. The minimum absolute atomic E-state index is 0.240. The number of nitrogens with one attached hydrogen (secondary N) is 1. The highest BCUT2D eigenvalue weighted by molar-refractivity contribution is 5.16. The topological polar surface area (TPSA) is 50.9 Å². The van der Waals surface area contributed by atoms with Crippen molar-refractivity contribution < 1.29 is 0 Å². The number of aryl methyl sites for hydroxylation is 1. The summed E-state index contributed by atoms with van der Waals surface area (Å²) in [5, 5.41) is 0. The normalized spacial score (nSPS) is 12.7. The molecule has 15 heavy (non-hydrogen) atoms. The van der Waals surface area contributed by atoms with Crippen LogP contribution in [-0.2, 0) is 0 Å². The van der Waals surface area contributed by atoms with E-state index in [0.29, 0.717) is 0 Å². The fraction of sp³-hybridized carbons (Fsp3) is 0.583. The van der Waals surface area contributed by atoms with E-state index in [2.05, 4.69) is 23.4 Å². The molecule has 0 aliphatic carbocycles. The van der Waals surface area contributed by atoms with Crippen molar-refractivity contribution in [2.24, 2.45) is 5.84 Å². The van der Waals surface area contributed by atoms with E-state index in [0.717, 1.165) is 12.1 Å². The molecule has 0 radical (unpaired) electrons. The summed E-state index contributed by atoms with van der Waals surface area (Å²) < 4.78 is 0. The lowest BCUT2D eigenvalue weighted by Crippen LogP contribution is -2.28. The predicted molar refractivity (Wildman–Crippen MR) is 63.2 cm³/mol. The fourth-order valence-corrected chi connectivity index (χ4v) is 1.63. The Kier molecular flexibility index (Phi) is 5.29. The highest BCUT2D eigenvalue weighted by Crippen LogP contribution is 2.18. The Hall–Kier alpha value is -0.930. The first kappa shape index (κ1) is 12.1. The maximum atomic E-state index is 5.55. The first-order chi connectivity index (χ1) is 7.27. The monoisotopic (exact) mass is 207 g/mol. The quantitative estimate of drug-likeness (QED) is 0.428. The van der Waals surface area contributed by atoms with Crippen LogP contribution >= 0.6 is 0 Å². The Morgan fingerprint density at radius 1 is 1.40 bits per heavy atom. The summed E-state index contributed by atoms with van der Waals surface area (Å²) in [4.78, 5) is 4.28. The minimum Gasteiger partial charge on any atom is -0.271 e. The Bertz CT molecular complexity index is 269. The van der Waals surface area contributed by atoms with Crippen LogP contribution in [0.25, 0.3) is 0 Å². The lowest BCUT2D eigenvalue weighted by molar-refractivity contribution is 0.485. The van der Waals surface area contributed by atoms with Crippen molar-refractivity contribution in [3.05, 3.63) is 29.6 Å². The average Bonchev–Trinajstić information content (AvgIpc) is 2.26. The standard InChI is InChI=1S/C12H21N3/c1-3-4-5-6-12(15-13)11-8-7-10(2)14-9-11/h7-9,12,15H,3-6,13H2,1-2H3. The number of hydrazine groups is 1. The highest BCUT2D eigenvalue weighted by Gasteiger charge is 2.08. The second kappa shape index (κ2) is 6.53. The van der Waals surface area contributed by atoms with Crippen molar-refractivity contribution in [2.45, 2.75) is 45.6 Å². The van der Waals surface area contributed by atoms with Gasteiger partial charge in [0, 0.05) is 17.9 Å². The van der Waals surface area contributed by atoms with E-state index in [1.807, 2.05) is 19.2 Å². The molecule has 3 N–H and O–H groups in total. The number of nitrogens with two attached hydrogens (primary N) is 1. The highest BCUT2D eigenvalue weighted by atomic mass is 15.2. The van der Waals surface area contributed by atoms with Crippen LogP contribution in [0.5, 0.6) is 0 Å². The number of hydrogen-bond donors (Lipinski definition) is 2. The summed E-state index contributed by atoms with van der Waals surface area (Å²) >= 11 is 0. The van der Waals surface area contributed by atoms with Crippen molar-refractivity contribution in [3.63, 3.8) is 0 Å². The van der Waals surface area contributed by atoms with Crippen molar-refractivity contribution in [1.29, 1.82) is 0 Å². The summed E-state index contributed by atoms with van der Waals surface area (Å²) in [6.07, 6.45) is 6.70. The largest absolute Gasteiger partial charge is 0.271 e. The average molecular weight is 207 g/mol. The van der Waals surface area contributed by atoms with E-state index in [-0.39, 0.29) is 6.04 Å². The lowest BCUT2D eigenvalue weighted by atomic mass is 10.0. The molecule has 0 bridgehead atoms. The van der Waals surface area contributed by atoms with Gasteiger partial charge in [-0.05, 0) is 25.0 Å². The summed E-state index contributed by atoms with van der Waals surface area (Å²) in [7, 11) is 0. The zero-order valence-corrected chi connectivity index (χ0v) is 9.66. The van der Waals surface area contributed by atoms with Gasteiger partial charge in [0.15, 0.2) is 0 Å². The van der Waals surface area contributed by atoms with Crippen LogP contribution in [0.1, 0.15) is 49.9 Å². The molecule has 3 nitrogen and oxygen atoms in total.